The second-order valence-corrected chi connectivity index (χ2v) is 6.35. The Balaban J connectivity index is 1.70. The highest BCUT2D eigenvalue weighted by Crippen LogP contribution is 2.27. The van der Waals surface area contributed by atoms with Gasteiger partial charge >= 0.3 is 0 Å². The predicted molar refractivity (Wildman–Crippen MR) is 78.9 cm³/mol. The van der Waals surface area contributed by atoms with E-state index in [-0.39, 0.29) is 0 Å². The fraction of sp³-hybridized carbons (Fsp3) is 1.00. The van der Waals surface area contributed by atoms with Gasteiger partial charge in [-0.3, -0.25) is 0 Å². The van der Waals surface area contributed by atoms with E-state index in [2.05, 4.69) is 24.1 Å². The maximum atomic E-state index is 3.96. The summed E-state index contributed by atoms with van der Waals surface area (Å²) in [6.07, 6.45) is 11.3. The number of hydrogen-bond donors (Lipinski definition) is 1. The molecule has 0 amide bonds. The largest absolute Gasteiger partial charge is 0.311 e. The van der Waals surface area contributed by atoms with Gasteiger partial charge in [0.2, 0.25) is 0 Å². The van der Waals surface area contributed by atoms with Crippen molar-refractivity contribution in [3.63, 3.8) is 0 Å². The SMILES string of the molecule is CCC1CCC(NC2CCCN(CC)CC2)CC1. The number of rotatable bonds is 4. The second-order valence-electron chi connectivity index (χ2n) is 6.35. The van der Waals surface area contributed by atoms with Crippen LogP contribution in [0.15, 0.2) is 0 Å². The van der Waals surface area contributed by atoms with Gasteiger partial charge in [0.1, 0.15) is 0 Å². The van der Waals surface area contributed by atoms with Crippen molar-refractivity contribution < 1.29 is 0 Å². The van der Waals surface area contributed by atoms with Crippen LogP contribution in [-0.4, -0.2) is 36.6 Å². The maximum absolute atomic E-state index is 3.96. The Morgan fingerprint density at radius 2 is 1.61 bits per heavy atom. The molecule has 106 valence electrons. The molecule has 0 spiro atoms. The van der Waals surface area contributed by atoms with Crippen LogP contribution in [0.5, 0.6) is 0 Å². The first-order chi connectivity index (χ1) is 8.81. The maximum Gasteiger partial charge on any atom is 0.00823 e. The molecule has 0 aromatic carbocycles. The van der Waals surface area contributed by atoms with Crippen molar-refractivity contribution in [2.75, 3.05) is 19.6 Å². The van der Waals surface area contributed by atoms with Gasteiger partial charge < -0.3 is 10.2 Å². The Morgan fingerprint density at radius 3 is 2.28 bits per heavy atom. The molecule has 1 unspecified atom stereocenters. The first kappa shape index (κ1) is 14.3. The first-order valence-electron chi connectivity index (χ1n) is 8.30. The van der Waals surface area contributed by atoms with E-state index in [0.717, 1.165) is 18.0 Å². The molecular formula is C16H32N2. The van der Waals surface area contributed by atoms with Gasteiger partial charge in [-0.15, -0.1) is 0 Å². The smallest absolute Gasteiger partial charge is 0.00823 e. The molecular weight excluding hydrogens is 220 g/mol. The van der Waals surface area contributed by atoms with Gasteiger partial charge in [-0.2, -0.15) is 0 Å². The van der Waals surface area contributed by atoms with Gasteiger partial charge in [-0.25, -0.2) is 0 Å². The molecule has 1 atom stereocenters. The molecule has 0 aromatic heterocycles. The van der Waals surface area contributed by atoms with Gasteiger partial charge in [0.25, 0.3) is 0 Å². The summed E-state index contributed by atoms with van der Waals surface area (Å²) in [5.74, 6) is 1.02. The molecule has 2 fully saturated rings. The Bertz CT molecular complexity index is 221. The fourth-order valence-electron chi connectivity index (χ4n) is 3.71. The molecule has 1 aliphatic carbocycles. The van der Waals surface area contributed by atoms with E-state index in [1.54, 1.807) is 0 Å². The van der Waals surface area contributed by atoms with Crippen LogP contribution in [-0.2, 0) is 0 Å². The zero-order valence-corrected chi connectivity index (χ0v) is 12.5. The molecule has 2 nitrogen and oxygen atoms in total. The molecule has 2 heteroatoms. The van der Waals surface area contributed by atoms with Crippen molar-refractivity contribution in [2.45, 2.75) is 77.3 Å². The zero-order valence-electron chi connectivity index (χ0n) is 12.5. The topological polar surface area (TPSA) is 15.3 Å². The summed E-state index contributed by atoms with van der Waals surface area (Å²) in [6, 6.07) is 1.62. The highest BCUT2D eigenvalue weighted by Gasteiger charge is 2.23. The lowest BCUT2D eigenvalue weighted by Gasteiger charge is -2.31. The van der Waals surface area contributed by atoms with Crippen LogP contribution < -0.4 is 5.32 Å². The Hall–Kier alpha value is -0.0800. The van der Waals surface area contributed by atoms with Crippen molar-refractivity contribution in [1.29, 1.82) is 0 Å². The van der Waals surface area contributed by atoms with E-state index in [4.69, 9.17) is 0 Å². The van der Waals surface area contributed by atoms with E-state index in [1.165, 1.54) is 71.0 Å². The van der Waals surface area contributed by atoms with E-state index >= 15 is 0 Å². The minimum absolute atomic E-state index is 0.796. The molecule has 1 saturated heterocycles. The lowest BCUT2D eigenvalue weighted by Crippen LogP contribution is -2.41. The Morgan fingerprint density at radius 1 is 0.889 bits per heavy atom. The van der Waals surface area contributed by atoms with Crippen LogP contribution in [0, 0.1) is 5.92 Å². The highest BCUT2D eigenvalue weighted by atomic mass is 15.1. The molecule has 2 rings (SSSR count). The minimum atomic E-state index is 0.796. The van der Waals surface area contributed by atoms with Crippen LogP contribution in [0.3, 0.4) is 0 Å². The van der Waals surface area contributed by atoms with Crippen molar-refractivity contribution in [1.82, 2.24) is 10.2 Å². The molecule has 2 aliphatic rings. The lowest BCUT2D eigenvalue weighted by molar-refractivity contribution is 0.257. The molecule has 1 N–H and O–H groups in total. The zero-order chi connectivity index (χ0) is 12.8. The molecule has 0 bridgehead atoms. The van der Waals surface area contributed by atoms with E-state index in [1.807, 2.05) is 0 Å². The second kappa shape index (κ2) is 7.49. The molecule has 18 heavy (non-hydrogen) atoms. The summed E-state index contributed by atoms with van der Waals surface area (Å²) in [5, 5.41) is 3.96. The third kappa shape index (κ3) is 4.24. The van der Waals surface area contributed by atoms with Crippen molar-refractivity contribution in [3.8, 4) is 0 Å². The quantitative estimate of drug-likeness (QED) is 0.825. The van der Waals surface area contributed by atoms with Gasteiger partial charge in [-0.1, -0.05) is 20.3 Å². The van der Waals surface area contributed by atoms with Gasteiger partial charge in [0, 0.05) is 12.1 Å². The number of nitrogens with one attached hydrogen (secondary N) is 1. The number of likely N-dealkylation sites (tertiary alicyclic amines) is 1. The predicted octanol–water partition coefficient (Wildman–Crippen LogP) is 3.42. The van der Waals surface area contributed by atoms with Gasteiger partial charge in [0.15, 0.2) is 0 Å². The molecule has 0 radical (unpaired) electrons. The third-order valence-corrected chi connectivity index (χ3v) is 5.16. The van der Waals surface area contributed by atoms with Crippen molar-refractivity contribution in [2.24, 2.45) is 5.92 Å². The first-order valence-corrected chi connectivity index (χ1v) is 8.30. The standard InChI is InChI=1S/C16H32N2/c1-3-14-7-9-16(10-8-14)17-15-6-5-12-18(4-2)13-11-15/h14-17H,3-13H2,1-2H3. The summed E-state index contributed by atoms with van der Waals surface area (Å²) < 4.78 is 0. The Kier molecular flexibility index (Phi) is 5.97. The molecule has 0 aromatic rings. The highest BCUT2D eigenvalue weighted by molar-refractivity contribution is 4.82. The van der Waals surface area contributed by atoms with E-state index < -0.39 is 0 Å². The summed E-state index contributed by atoms with van der Waals surface area (Å²) >= 11 is 0. The summed E-state index contributed by atoms with van der Waals surface area (Å²) in [7, 11) is 0. The number of hydrogen-bond acceptors (Lipinski definition) is 2. The summed E-state index contributed by atoms with van der Waals surface area (Å²) in [5.41, 5.74) is 0. The lowest BCUT2D eigenvalue weighted by atomic mass is 9.84. The van der Waals surface area contributed by atoms with Crippen LogP contribution in [0.1, 0.15) is 65.2 Å². The van der Waals surface area contributed by atoms with Crippen LogP contribution >= 0.6 is 0 Å². The van der Waals surface area contributed by atoms with E-state index in [9.17, 15) is 0 Å². The van der Waals surface area contributed by atoms with Crippen LogP contribution in [0.2, 0.25) is 0 Å². The third-order valence-electron chi connectivity index (χ3n) is 5.16. The van der Waals surface area contributed by atoms with Gasteiger partial charge in [0.05, 0.1) is 0 Å². The summed E-state index contributed by atoms with van der Waals surface area (Å²) in [4.78, 5) is 2.61. The minimum Gasteiger partial charge on any atom is -0.311 e. The average Bonchev–Trinajstić information content (AvgIpc) is 2.65. The fourth-order valence-corrected chi connectivity index (χ4v) is 3.71. The normalized spacial score (nSPS) is 35.3. The molecule has 1 aliphatic heterocycles. The monoisotopic (exact) mass is 252 g/mol. The van der Waals surface area contributed by atoms with Crippen molar-refractivity contribution >= 4 is 0 Å². The molecule has 1 heterocycles. The Labute approximate surface area is 114 Å². The summed E-state index contributed by atoms with van der Waals surface area (Å²) in [6.45, 7) is 8.49. The average molecular weight is 252 g/mol. The van der Waals surface area contributed by atoms with Gasteiger partial charge in [-0.05, 0) is 70.5 Å². The van der Waals surface area contributed by atoms with E-state index in [0.29, 0.717) is 0 Å². The van der Waals surface area contributed by atoms with Crippen LogP contribution in [0.4, 0.5) is 0 Å². The van der Waals surface area contributed by atoms with Crippen molar-refractivity contribution in [3.05, 3.63) is 0 Å². The van der Waals surface area contributed by atoms with Crippen LogP contribution in [0.25, 0.3) is 0 Å². The molecule has 1 saturated carbocycles. The number of nitrogens with zero attached hydrogens (tertiary/aromatic N) is 1.